The first kappa shape index (κ1) is 9.75. The molecular weight excluding hydrogens is 216 g/mol. The Morgan fingerprint density at radius 2 is 2.08 bits per heavy atom. The Labute approximate surface area is 81.6 Å². The quantitative estimate of drug-likeness (QED) is 0.844. The van der Waals surface area contributed by atoms with Gasteiger partial charge in [0, 0.05) is 11.1 Å². The summed E-state index contributed by atoms with van der Waals surface area (Å²) in [6.07, 6.45) is 0.822. The van der Waals surface area contributed by atoms with Crippen LogP contribution in [-0.2, 0) is 0 Å². The molecule has 1 N–H and O–H groups in total. The highest BCUT2D eigenvalue weighted by atomic mass is 79.9. The molecule has 0 amide bonds. The highest BCUT2D eigenvalue weighted by Crippen LogP contribution is 2.26. The van der Waals surface area contributed by atoms with Crippen LogP contribution in [0.25, 0.3) is 0 Å². The largest absolute Gasteiger partial charge is 0.396 e. The molecule has 66 valence electrons. The molecule has 0 fully saturated rings. The Hall–Kier alpha value is -0.340. The molecule has 0 aliphatic heterocycles. The minimum absolute atomic E-state index is 0.252. The van der Waals surface area contributed by atoms with Crippen molar-refractivity contribution in [3.63, 3.8) is 0 Å². The van der Waals surface area contributed by atoms with Crippen LogP contribution >= 0.6 is 15.9 Å². The van der Waals surface area contributed by atoms with E-state index in [1.165, 1.54) is 5.56 Å². The summed E-state index contributed by atoms with van der Waals surface area (Å²) in [5, 5.41) is 8.77. The maximum atomic E-state index is 8.77. The molecular formula is C10H13BrO. The second kappa shape index (κ2) is 4.63. The molecule has 1 aromatic rings. The number of aliphatic hydroxyl groups excluding tert-OH is 1. The predicted octanol–water partition coefficient (Wildman–Crippen LogP) is 2.94. The van der Waals surface area contributed by atoms with Crippen LogP contribution in [0.2, 0.25) is 0 Å². The minimum atomic E-state index is 0.252. The van der Waals surface area contributed by atoms with Gasteiger partial charge in [0.05, 0.1) is 0 Å². The maximum Gasteiger partial charge on any atom is 0.0436 e. The Morgan fingerprint density at radius 1 is 1.42 bits per heavy atom. The van der Waals surface area contributed by atoms with E-state index in [4.69, 9.17) is 5.11 Å². The molecule has 0 spiro atoms. The molecule has 0 saturated heterocycles. The van der Waals surface area contributed by atoms with Crippen LogP contribution in [-0.4, -0.2) is 11.7 Å². The molecule has 1 unspecified atom stereocenters. The van der Waals surface area contributed by atoms with Crippen LogP contribution < -0.4 is 0 Å². The van der Waals surface area contributed by atoms with Crippen molar-refractivity contribution in [3.8, 4) is 0 Å². The molecule has 0 aromatic heterocycles. The number of benzene rings is 1. The second-order valence-corrected chi connectivity index (χ2v) is 3.79. The molecule has 0 bridgehead atoms. The SMILES string of the molecule is CC(CCO)c1ccccc1Br. The molecule has 0 radical (unpaired) electrons. The zero-order valence-corrected chi connectivity index (χ0v) is 8.71. The standard InChI is InChI=1S/C10H13BrO/c1-8(6-7-12)9-4-2-3-5-10(9)11/h2-5,8,12H,6-7H2,1H3. The van der Waals surface area contributed by atoms with Gasteiger partial charge in [0.2, 0.25) is 0 Å². The first-order valence-corrected chi connectivity index (χ1v) is 4.90. The minimum Gasteiger partial charge on any atom is -0.396 e. The fraction of sp³-hybridized carbons (Fsp3) is 0.400. The van der Waals surface area contributed by atoms with Crippen molar-refractivity contribution >= 4 is 15.9 Å². The normalized spacial score (nSPS) is 12.9. The van der Waals surface area contributed by atoms with Gasteiger partial charge >= 0.3 is 0 Å². The first-order valence-electron chi connectivity index (χ1n) is 4.11. The van der Waals surface area contributed by atoms with E-state index < -0.39 is 0 Å². The van der Waals surface area contributed by atoms with E-state index >= 15 is 0 Å². The van der Waals surface area contributed by atoms with E-state index in [-0.39, 0.29) is 6.61 Å². The number of halogens is 1. The summed E-state index contributed by atoms with van der Waals surface area (Å²) in [7, 11) is 0. The topological polar surface area (TPSA) is 20.2 Å². The first-order chi connectivity index (χ1) is 5.75. The zero-order valence-electron chi connectivity index (χ0n) is 7.13. The molecule has 0 heterocycles. The van der Waals surface area contributed by atoms with Gasteiger partial charge < -0.3 is 5.11 Å². The van der Waals surface area contributed by atoms with Gasteiger partial charge in [-0.25, -0.2) is 0 Å². The Balaban J connectivity index is 2.79. The average Bonchev–Trinajstić information content (AvgIpc) is 2.05. The molecule has 2 heteroatoms. The summed E-state index contributed by atoms with van der Waals surface area (Å²) in [4.78, 5) is 0. The smallest absolute Gasteiger partial charge is 0.0436 e. The Bertz CT molecular complexity index is 247. The lowest BCUT2D eigenvalue weighted by molar-refractivity contribution is 0.278. The molecule has 1 rings (SSSR count). The summed E-state index contributed by atoms with van der Waals surface area (Å²) in [6.45, 7) is 2.37. The number of rotatable bonds is 3. The monoisotopic (exact) mass is 228 g/mol. The van der Waals surface area contributed by atoms with E-state index in [0.717, 1.165) is 10.9 Å². The third-order valence-corrected chi connectivity index (χ3v) is 2.72. The summed E-state index contributed by atoms with van der Waals surface area (Å²) in [5.74, 6) is 0.422. The molecule has 0 aliphatic rings. The predicted molar refractivity (Wildman–Crippen MR) is 54.3 cm³/mol. The van der Waals surface area contributed by atoms with Crippen molar-refractivity contribution in [2.24, 2.45) is 0 Å². The Kier molecular flexibility index (Phi) is 3.76. The Morgan fingerprint density at radius 3 is 2.67 bits per heavy atom. The molecule has 1 aromatic carbocycles. The van der Waals surface area contributed by atoms with Gasteiger partial charge in [0.1, 0.15) is 0 Å². The maximum absolute atomic E-state index is 8.77. The fourth-order valence-corrected chi connectivity index (χ4v) is 1.90. The van der Waals surface area contributed by atoms with Gasteiger partial charge in [-0.3, -0.25) is 0 Å². The van der Waals surface area contributed by atoms with Gasteiger partial charge in [0.15, 0.2) is 0 Å². The summed E-state index contributed by atoms with van der Waals surface area (Å²) >= 11 is 3.49. The third-order valence-electron chi connectivity index (χ3n) is 2.00. The number of aliphatic hydroxyl groups is 1. The summed E-state index contributed by atoms with van der Waals surface area (Å²) in [6, 6.07) is 8.14. The van der Waals surface area contributed by atoms with Gasteiger partial charge in [-0.2, -0.15) is 0 Å². The van der Waals surface area contributed by atoms with E-state index in [1.54, 1.807) is 0 Å². The average molecular weight is 229 g/mol. The van der Waals surface area contributed by atoms with Crippen molar-refractivity contribution < 1.29 is 5.11 Å². The molecule has 12 heavy (non-hydrogen) atoms. The lowest BCUT2D eigenvalue weighted by Crippen LogP contribution is -1.97. The van der Waals surface area contributed by atoms with Crippen LogP contribution in [0.15, 0.2) is 28.7 Å². The van der Waals surface area contributed by atoms with Gasteiger partial charge in [-0.05, 0) is 24.0 Å². The van der Waals surface area contributed by atoms with Crippen molar-refractivity contribution in [2.75, 3.05) is 6.61 Å². The molecule has 0 saturated carbocycles. The second-order valence-electron chi connectivity index (χ2n) is 2.93. The summed E-state index contributed by atoms with van der Waals surface area (Å²) in [5.41, 5.74) is 1.27. The van der Waals surface area contributed by atoms with Gasteiger partial charge in [-0.1, -0.05) is 41.1 Å². The lowest BCUT2D eigenvalue weighted by Gasteiger charge is -2.11. The highest BCUT2D eigenvalue weighted by Gasteiger charge is 2.06. The molecule has 1 nitrogen and oxygen atoms in total. The highest BCUT2D eigenvalue weighted by molar-refractivity contribution is 9.10. The van der Waals surface area contributed by atoms with Crippen LogP contribution in [0.3, 0.4) is 0 Å². The lowest BCUT2D eigenvalue weighted by atomic mass is 9.98. The van der Waals surface area contributed by atoms with E-state index in [1.807, 2.05) is 18.2 Å². The molecule has 0 aliphatic carbocycles. The van der Waals surface area contributed by atoms with E-state index in [0.29, 0.717) is 5.92 Å². The number of hydrogen-bond donors (Lipinski definition) is 1. The molecule has 1 atom stereocenters. The van der Waals surface area contributed by atoms with Crippen LogP contribution in [0, 0.1) is 0 Å². The van der Waals surface area contributed by atoms with Gasteiger partial charge in [-0.15, -0.1) is 0 Å². The fourth-order valence-electron chi connectivity index (χ4n) is 1.22. The third kappa shape index (κ3) is 2.32. The van der Waals surface area contributed by atoms with Crippen LogP contribution in [0.4, 0.5) is 0 Å². The van der Waals surface area contributed by atoms with Crippen LogP contribution in [0.5, 0.6) is 0 Å². The van der Waals surface area contributed by atoms with Gasteiger partial charge in [0.25, 0.3) is 0 Å². The van der Waals surface area contributed by atoms with Crippen LogP contribution in [0.1, 0.15) is 24.8 Å². The van der Waals surface area contributed by atoms with Crippen molar-refractivity contribution in [1.82, 2.24) is 0 Å². The van der Waals surface area contributed by atoms with Crippen molar-refractivity contribution in [1.29, 1.82) is 0 Å². The van der Waals surface area contributed by atoms with E-state index in [2.05, 4.69) is 28.9 Å². The number of hydrogen-bond acceptors (Lipinski definition) is 1. The zero-order chi connectivity index (χ0) is 8.97. The van der Waals surface area contributed by atoms with Crippen molar-refractivity contribution in [3.05, 3.63) is 34.3 Å². The summed E-state index contributed by atoms with van der Waals surface area (Å²) < 4.78 is 1.13. The van der Waals surface area contributed by atoms with Crippen molar-refractivity contribution in [2.45, 2.75) is 19.3 Å². The van der Waals surface area contributed by atoms with E-state index in [9.17, 15) is 0 Å².